The molecule has 0 aliphatic heterocycles. The number of hydrogen-bond acceptors (Lipinski definition) is 1. The summed E-state index contributed by atoms with van der Waals surface area (Å²) in [5.74, 6) is 1.47. The Morgan fingerprint density at radius 3 is 2.59 bits per heavy atom. The first-order chi connectivity index (χ1) is 8.27. The summed E-state index contributed by atoms with van der Waals surface area (Å²) < 4.78 is 5.78. The molecule has 0 unspecified atom stereocenters. The van der Waals surface area contributed by atoms with Crippen LogP contribution in [0.4, 0.5) is 0 Å². The summed E-state index contributed by atoms with van der Waals surface area (Å²) in [5, 5.41) is 0. The van der Waals surface area contributed by atoms with E-state index in [2.05, 4.69) is 26.0 Å². The van der Waals surface area contributed by atoms with Crippen LogP contribution < -0.4 is 4.74 Å². The van der Waals surface area contributed by atoms with E-state index in [-0.39, 0.29) is 0 Å². The zero-order valence-corrected chi connectivity index (χ0v) is 11.7. The normalized spacial score (nSPS) is 10.5. The highest BCUT2D eigenvalue weighted by Gasteiger charge is 2.02. The van der Waals surface area contributed by atoms with E-state index in [0.717, 1.165) is 24.3 Å². The average Bonchev–Trinajstić information content (AvgIpc) is 2.35. The van der Waals surface area contributed by atoms with E-state index in [4.69, 9.17) is 16.3 Å². The second-order valence-corrected chi connectivity index (χ2v) is 4.77. The maximum Gasteiger partial charge on any atom is 0.123 e. The number of unbranched alkanes of at least 4 members (excludes halogenated alkanes) is 4. The Bertz CT molecular complexity index is 323. The lowest BCUT2D eigenvalue weighted by atomic mass is 10.1. The predicted octanol–water partition coefficient (Wildman–Crippen LogP) is 5.08. The van der Waals surface area contributed by atoms with Gasteiger partial charge in [-0.25, -0.2) is 0 Å². The maximum atomic E-state index is 5.91. The number of aryl methyl sites for hydroxylation is 1. The third kappa shape index (κ3) is 5.45. The summed E-state index contributed by atoms with van der Waals surface area (Å²) in [6, 6.07) is 6.20. The van der Waals surface area contributed by atoms with Crippen LogP contribution in [0.5, 0.6) is 5.75 Å². The van der Waals surface area contributed by atoms with E-state index in [1.807, 2.05) is 6.07 Å². The minimum atomic E-state index is 0.521. The van der Waals surface area contributed by atoms with Crippen molar-refractivity contribution in [3.8, 4) is 5.75 Å². The van der Waals surface area contributed by atoms with E-state index in [9.17, 15) is 0 Å². The van der Waals surface area contributed by atoms with Crippen molar-refractivity contribution in [1.29, 1.82) is 0 Å². The lowest BCUT2D eigenvalue weighted by molar-refractivity contribution is 0.302. The van der Waals surface area contributed by atoms with E-state index in [1.54, 1.807) is 0 Å². The molecule has 0 aliphatic rings. The molecule has 2 heteroatoms. The van der Waals surface area contributed by atoms with Gasteiger partial charge in [0.1, 0.15) is 5.75 Å². The molecule has 96 valence electrons. The second-order valence-electron chi connectivity index (χ2n) is 4.51. The number of ether oxygens (including phenoxy) is 1. The molecule has 17 heavy (non-hydrogen) atoms. The summed E-state index contributed by atoms with van der Waals surface area (Å²) in [6.07, 6.45) is 6.33. The summed E-state index contributed by atoms with van der Waals surface area (Å²) >= 11 is 5.91. The molecular formula is C15H23ClO. The Balaban J connectivity index is 2.31. The van der Waals surface area contributed by atoms with Gasteiger partial charge in [0, 0.05) is 5.56 Å². The molecule has 0 aromatic heterocycles. The Kier molecular flexibility index (Phi) is 7.11. The minimum Gasteiger partial charge on any atom is -0.493 e. The Morgan fingerprint density at radius 2 is 1.88 bits per heavy atom. The van der Waals surface area contributed by atoms with Gasteiger partial charge < -0.3 is 4.74 Å². The molecule has 1 aromatic rings. The molecule has 0 spiro atoms. The topological polar surface area (TPSA) is 9.23 Å². The van der Waals surface area contributed by atoms with Gasteiger partial charge in [0.2, 0.25) is 0 Å². The predicted molar refractivity (Wildman–Crippen MR) is 75.0 cm³/mol. The molecular weight excluding hydrogens is 232 g/mol. The van der Waals surface area contributed by atoms with Crippen molar-refractivity contribution in [2.45, 2.75) is 51.8 Å². The van der Waals surface area contributed by atoms with E-state index in [1.165, 1.54) is 31.2 Å². The van der Waals surface area contributed by atoms with Gasteiger partial charge in [0.15, 0.2) is 0 Å². The molecule has 0 saturated heterocycles. The molecule has 0 radical (unpaired) electrons. The molecule has 0 bridgehead atoms. The van der Waals surface area contributed by atoms with Crippen molar-refractivity contribution >= 4 is 11.6 Å². The van der Waals surface area contributed by atoms with Crippen LogP contribution >= 0.6 is 11.6 Å². The van der Waals surface area contributed by atoms with Crippen LogP contribution in [-0.2, 0) is 5.88 Å². The Hall–Kier alpha value is -0.690. The largest absolute Gasteiger partial charge is 0.493 e. The highest BCUT2D eigenvalue weighted by atomic mass is 35.5. The van der Waals surface area contributed by atoms with Gasteiger partial charge >= 0.3 is 0 Å². The van der Waals surface area contributed by atoms with Crippen molar-refractivity contribution < 1.29 is 4.74 Å². The van der Waals surface area contributed by atoms with E-state index in [0.29, 0.717) is 5.88 Å². The summed E-state index contributed by atoms with van der Waals surface area (Å²) in [7, 11) is 0. The van der Waals surface area contributed by atoms with Crippen LogP contribution in [0, 0.1) is 6.92 Å². The van der Waals surface area contributed by atoms with E-state index < -0.39 is 0 Å². The van der Waals surface area contributed by atoms with E-state index >= 15 is 0 Å². The molecule has 1 aromatic carbocycles. The highest BCUT2D eigenvalue weighted by molar-refractivity contribution is 6.17. The zero-order valence-electron chi connectivity index (χ0n) is 11.0. The summed E-state index contributed by atoms with van der Waals surface area (Å²) in [5.41, 5.74) is 2.33. The molecule has 1 nitrogen and oxygen atoms in total. The Morgan fingerprint density at radius 1 is 1.12 bits per heavy atom. The van der Waals surface area contributed by atoms with Gasteiger partial charge in [-0.15, -0.1) is 11.6 Å². The first-order valence-electron chi connectivity index (χ1n) is 6.56. The number of rotatable bonds is 8. The molecule has 0 fully saturated rings. The molecule has 1 rings (SSSR count). The highest BCUT2D eigenvalue weighted by Crippen LogP contribution is 2.22. The molecule has 0 atom stereocenters. The van der Waals surface area contributed by atoms with Gasteiger partial charge in [0.05, 0.1) is 12.5 Å². The van der Waals surface area contributed by atoms with Crippen LogP contribution in [0.2, 0.25) is 0 Å². The minimum absolute atomic E-state index is 0.521. The fraction of sp³-hybridized carbons (Fsp3) is 0.600. The van der Waals surface area contributed by atoms with Crippen LogP contribution in [0.1, 0.15) is 50.2 Å². The lowest BCUT2D eigenvalue weighted by Gasteiger charge is -2.10. The number of hydrogen-bond donors (Lipinski definition) is 0. The SMILES string of the molecule is CCCCCCCOc1ccc(C)cc1CCl. The van der Waals surface area contributed by atoms with Gasteiger partial charge in [-0.3, -0.25) is 0 Å². The van der Waals surface area contributed by atoms with Crippen molar-refractivity contribution in [2.24, 2.45) is 0 Å². The van der Waals surface area contributed by atoms with Crippen molar-refractivity contribution in [3.05, 3.63) is 29.3 Å². The number of halogens is 1. The quantitative estimate of drug-likeness (QED) is 0.464. The first-order valence-corrected chi connectivity index (χ1v) is 7.09. The second kappa shape index (κ2) is 8.41. The standard InChI is InChI=1S/C15H23ClO/c1-3-4-5-6-7-10-17-15-9-8-13(2)11-14(15)12-16/h8-9,11H,3-7,10,12H2,1-2H3. The molecule has 0 saturated carbocycles. The van der Waals surface area contributed by atoms with Gasteiger partial charge in [0.25, 0.3) is 0 Å². The average molecular weight is 255 g/mol. The third-order valence-electron chi connectivity index (χ3n) is 2.87. The number of alkyl halides is 1. The van der Waals surface area contributed by atoms with Crippen molar-refractivity contribution in [3.63, 3.8) is 0 Å². The summed E-state index contributed by atoms with van der Waals surface area (Å²) in [4.78, 5) is 0. The Labute approximate surface area is 110 Å². The van der Waals surface area contributed by atoms with Gasteiger partial charge in [-0.05, 0) is 19.4 Å². The first kappa shape index (κ1) is 14.4. The molecule has 0 N–H and O–H groups in total. The van der Waals surface area contributed by atoms with Gasteiger partial charge in [-0.2, -0.15) is 0 Å². The number of benzene rings is 1. The van der Waals surface area contributed by atoms with Crippen LogP contribution in [-0.4, -0.2) is 6.61 Å². The molecule has 0 aliphatic carbocycles. The third-order valence-corrected chi connectivity index (χ3v) is 3.15. The maximum absolute atomic E-state index is 5.91. The summed E-state index contributed by atoms with van der Waals surface area (Å²) in [6.45, 7) is 5.11. The lowest BCUT2D eigenvalue weighted by Crippen LogP contribution is -2.00. The van der Waals surface area contributed by atoms with Gasteiger partial charge in [-0.1, -0.05) is 50.3 Å². The smallest absolute Gasteiger partial charge is 0.123 e. The fourth-order valence-corrected chi connectivity index (χ4v) is 2.05. The van der Waals surface area contributed by atoms with Crippen LogP contribution in [0.25, 0.3) is 0 Å². The zero-order chi connectivity index (χ0) is 12.5. The van der Waals surface area contributed by atoms with Crippen molar-refractivity contribution in [2.75, 3.05) is 6.61 Å². The van der Waals surface area contributed by atoms with Crippen molar-refractivity contribution in [1.82, 2.24) is 0 Å². The van der Waals surface area contributed by atoms with Crippen LogP contribution in [0.15, 0.2) is 18.2 Å². The van der Waals surface area contributed by atoms with Crippen LogP contribution in [0.3, 0.4) is 0 Å². The monoisotopic (exact) mass is 254 g/mol. The molecule has 0 amide bonds. The fourth-order valence-electron chi connectivity index (χ4n) is 1.84. The molecule has 0 heterocycles.